The highest BCUT2D eigenvalue weighted by Crippen LogP contribution is 2.32. The summed E-state index contributed by atoms with van der Waals surface area (Å²) in [6.45, 7) is 0.236. The van der Waals surface area contributed by atoms with Crippen LogP contribution in [0.2, 0.25) is 10.0 Å². The first-order chi connectivity index (χ1) is 13.7. The molecule has 0 bridgehead atoms. The topological polar surface area (TPSA) is 32.3 Å². The molecule has 7 heteroatoms. The van der Waals surface area contributed by atoms with Crippen molar-refractivity contribution in [2.24, 2.45) is 0 Å². The number of alkyl halides is 3. The average Bonchev–Trinajstić information content (AvgIpc) is 2.68. The minimum Gasteiger partial charge on any atom is -0.379 e. The summed E-state index contributed by atoms with van der Waals surface area (Å²) in [5.74, 6) is 0. The summed E-state index contributed by atoms with van der Waals surface area (Å²) in [5, 5.41) is 15.6. The molecule has 0 aliphatic heterocycles. The van der Waals surface area contributed by atoms with Gasteiger partial charge in [-0.05, 0) is 47.0 Å². The van der Waals surface area contributed by atoms with Gasteiger partial charge in [-0.2, -0.15) is 13.2 Å². The fourth-order valence-corrected chi connectivity index (χ4v) is 3.32. The third-order valence-corrected chi connectivity index (χ3v) is 5.11. The molecule has 0 aromatic heterocycles. The molecule has 2 nitrogen and oxygen atoms in total. The van der Waals surface area contributed by atoms with Crippen LogP contribution in [0.25, 0.3) is 0 Å². The average molecular weight is 440 g/mol. The Labute approximate surface area is 176 Å². The molecule has 0 amide bonds. The van der Waals surface area contributed by atoms with Crippen LogP contribution in [-0.4, -0.2) is 11.7 Å². The number of aliphatic hydroxyl groups is 1. The van der Waals surface area contributed by atoms with Gasteiger partial charge in [0, 0.05) is 23.1 Å². The summed E-state index contributed by atoms with van der Waals surface area (Å²) in [5.41, 5.74) is -0.463. The maximum Gasteiger partial charge on any atom is 0.416 e. The van der Waals surface area contributed by atoms with Gasteiger partial charge in [-0.15, -0.1) is 0 Å². The Morgan fingerprint density at radius 2 is 1.28 bits per heavy atom. The van der Waals surface area contributed by atoms with E-state index in [4.69, 9.17) is 23.2 Å². The normalized spacial score (nSPS) is 12.2. The molecule has 2 N–H and O–H groups in total. The Kier molecular flexibility index (Phi) is 6.54. The van der Waals surface area contributed by atoms with Crippen LogP contribution in [-0.2, 0) is 18.3 Å². The van der Waals surface area contributed by atoms with Gasteiger partial charge in [0.25, 0.3) is 0 Å². The van der Waals surface area contributed by atoms with Gasteiger partial charge in [-0.1, -0.05) is 65.7 Å². The molecule has 0 radical (unpaired) electrons. The summed E-state index contributed by atoms with van der Waals surface area (Å²) < 4.78 is 38.7. The van der Waals surface area contributed by atoms with Crippen LogP contribution in [0.15, 0.2) is 72.8 Å². The molecule has 0 unspecified atom stereocenters. The molecule has 0 saturated heterocycles. The number of rotatable bonds is 6. The molecule has 0 heterocycles. The molecule has 0 saturated carbocycles. The maximum absolute atomic E-state index is 12.9. The minimum absolute atomic E-state index is 0.0759. The van der Waals surface area contributed by atoms with E-state index in [1.165, 1.54) is 6.07 Å². The predicted octanol–water partition coefficient (Wildman–Crippen LogP) is 6.04. The zero-order valence-electron chi connectivity index (χ0n) is 15.2. The molecule has 0 aliphatic rings. The van der Waals surface area contributed by atoms with E-state index in [0.717, 1.165) is 12.1 Å². The van der Waals surface area contributed by atoms with Crippen LogP contribution in [0.3, 0.4) is 0 Å². The first-order valence-corrected chi connectivity index (χ1v) is 9.55. The van der Waals surface area contributed by atoms with E-state index in [1.807, 2.05) is 0 Å². The molecule has 29 heavy (non-hydrogen) atoms. The molecule has 0 spiro atoms. The summed E-state index contributed by atoms with van der Waals surface area (Å²) >= 11 is 11.9. The summed E-state index contributed by atoms with van der Waals surface area (Å²) in [6.07, 6.45) is -4.40. The first-order valence-electron chi connectivity index (χ1n) is 8.80. The predicted molar refractivity (Wildman–Crippen MR) is 109 cm³/mol. The van der Waals surface area contributed by atoms with Crippen molar-refractivity contribution >= 4 is 23.2 Å². The van der Waals surface area contributed by atoms with Crippen molar-refractivity contribution in [1.29, 1.82) is 0 Å². The highest BCUT2D eigenvalue weighted by molar-refractivity contribution is 6.30. The lowest BCUT2D eigenvalue weighted by atomic mass is 9.86. The van der Waals surface area contributed by atoms with Crippen molar-refractivity contribution in [3.05, 3.63) is 105 Å². The van der Waals surface area contributed by atoms with Gasteiger partial charge in [0.1, 0.15) is 5.60 Å². The van der Waals surface area contributed by atoms with Crippen LogP contribution < -0.4 is 5.32 Å². The van der Waals surface area contributed by atoms with E-state index < -0.39 is 17.3 Å². The number of halogens is 5. The van der Waals surface area contributed by atoms with E-state index in [9.17, 15) is 18.3 Å². The van der Waals surface area contributed by atoms with Crippen molar-refractivity contribution in [2.45, 2.75) is 18.3 Å². The van der Waals surface area contributed by atoms with Crippen LogP contribution in [0.1, 0.15) is 22.3 Å². The zero-order chi connectivity index (χ0) is 21.1. The number of benzene rings is 3. The van der Waals surface area contributed by atoms with Crippen molar-refractivity contribution in [3.8, 4) is 0 Å². The summed E-state index contributed by atoms with van der Waals surface area (Å²) in [4.78, 5) is 0. The van der Waals surface area contributed by atoms with Crippen LogP contribution >= 0.6 is 23.2 Å². The van der Waals surface area contributed by atoms with Crippen LogP contribution in [0.5, 0.6) is 0 Å². The zero-order valence-corrected chi connectivity index (χ0v) is 16.7. The van der Waals surface area contributed by atoms with Gasteiger partial charge in [0.2, 0.25) is 0 Å². The molecule has 0 aliphatic carbocycles. The molecule has 3 aromatic rings. The smallest absolute Gasteiger partial charge is 0.379 e. The van der Waals surface area contributed by atoms with Gasteiger partial charge in [0.05, 0.1) is 5.56 Å². The monoisotopic (exact) mass is 439 g/mol. The Morgan fingerprint density at radius 3 is 1.76 bits per heavy atom. The van der Waals surface area contributed by atoms with Crippen LogP contribution in [0, 0.1) is 0 Å². The third-order valence-electron chi connectivity index (χ3n) is 4.61. The highest BCUT2D eigenvalue weighted by Gasteiger charge is 2.32. The van der Waals surface area contributed by atoms with Gasteiger partial charge in [-0.25, -0.2) is 0 Å². The van der Waals surface area contributed by atoms with E-state index in [2.05, 4.69) is 5.32 Å². The highest BCUT2D eigenvalue weighted by atomic mass is 35.5. The van der Waals surface area contributed by atoms with Crippen molar-refractivity contribution in [1.82, 2.24) is 5.32 Å². The van der Waals surface area contributed by atoms with E-state index in [1.54, 1.807) is 54.6 Å². The van der Waals surface area contributed by atoms with Crippen molar-refractivity contribution in [2.75, 3.05) is 6.54 Å². The number of hydrogen-bond acceptors (Lipinski definition) is 2. The molecule has 152 valence electrons. The number of hydrogen-bond donors (Lipinski definition) is 2. The second-order valence-corrected chi connectivity index (χ2v) is 7.55. The lowest BCUT2D eigenvalue weighted by molar-refractivity contribution is -0.137. The lowest BCUT2D eigenvalue weighted by Gasteiger charge is -2.30. The van der Waals surface area contributed by atoms with E-state index >= 15 is 0 Å². The Morgan fingerprint density at radius 1 is 0.759 bits per heavy atom. The van der Waals surface area contributed by atoms with Gasteiger partial charge in [-0.3, -0.25) is 0 Å². The summed E-state index contributed by atoms with van der Waals surface area (Å²) in [7, 11) is 0. The lowest BCUT2D eigenvalue weighted by Crippen LogP contribution is -2.39. The van der Waals surface area contributed by atoms with Gasteiger partial charge >= 0.3 is 6.18 Å². The van der Waals surface area contributed by atoms with E-state index in [-0.39, 0.29) is 13.1 Å². The molecule has 3 aromatic carbocycles. The van der Waals surface area contributed by atoms with E-state index in [0.29, 0.717) is 26.7 Å². The second kappa shape index (κ2) is 8.76. The molecule has 0 fully saturated rings. The Bertz CT molecular complexity index is 912. The molecule has 3 rings (SSSR count). The standard InChI is InChI=1S/C22H18Cl2F3NO/c23-19-8-4-16(5-9-19)21(29,17-6-10-20(24)11-7-17)14-28-13-15-2-1-3-18(12-15)22(25,26)27/h1-12,28-29H,13-14H2. The molecule has 0 atom stereocenters. The second-order valence-electron chi connectivity index (χ2n) is 6.68. The minimum atomic E-state index is -4.40. The molecular weight excluding hydrogens is 422 g/mol. The fraction of sp³-hybridized carbons (Fsp3) is 0.182. The Hall–Kier alpha value is -2.05. The van der Waals surface area contributed by atoms with Crippen molar-refractivity contribution in [3.63, 3.8) is 0 Å². The SMILES string of the molecule is OC(CNCc1cccc(C(F)(F)F)c1)(c1ccc(Cl)cc1)c1ccc(Cl)cc1. The Balaban J connectivity index is 1.83. The number of nitrogens with one attached hydrogen (secondary N) is 1. The molecular formula is C22H18Cl2F3NO. The van der Waals surface area contributed by atoms with Crippen LogP contribution in [0.4, 0.5) is 13.2 Å². The third kappa shape index (κ3) is 5.31. The maximum atomic E-state index is 12.9. The van der Waals surface area contributed by atoms with Crippen molar-refractivity contribution < 1.29 is 18.3 Å². The quantitative estimate of drug-likeness (QED) is 0.490. The summed E-state index contributed by atoms with van der Waals surface area (Å²) in [6, 6.07) is 18.6. The van der Waals surface area contributed by atoms with Gasteiger partial charge < -0.3 is 10.4 Å². The van der Waals surface area contributed by atoms with Gasteiger partial charge in [0.15, 0.2) is 0 Å². The largest absolute Gasteiger partial charge is 0.416 e. The first kappa shape index (κ1) is 21.7. The fourth-order valence-electron chi connectivity index (χ4n) is 3.07.